The molecule has 0 saturated carbocycles. The van der Waals surface area contributed by atoms with Crippen LogP contribution in [-0.4, -0.2) is 10.8 Å². The number of ketones is 1. The van der Waals surface area contributed by atoms with Crippen LogP contribution in [-0.2, 0) is 0 Å². The predicted molar refractivity (Wildman–Crippen MR) is 95.4 cm³/mol. The number of carbonyl (C=O) groups is 1. The lowest BCUT2D eigenvalue weighted by molar-refractivity contribution is 0.0982. The smallest absolute Gasteiger partial charge is 0.166 e. The van der Waals surface area contributed by atoms with E-state index in [1.165, 1.54) is 6.07 Å². The molecule has 0 atom stereocenters. The molecule has 0 fully saturated rings. The fourth-order valence-corrected chi connectivity index (χ4v) is 2.78. The summed E-state index contributed by atoms with van der Waals surface area (Å²) in [4.78, 5) is 16.9. The zero-order chi connectivity index (χ0) is 17.1. The highest BCUT2D eigenvalue weighted by Gasteiger charge is 2.17. The van der Waals surface area contributed by atoms with Crippen molar-refractivity contribution in [3.8, 4) is 0 Å². The second-order valence-electron chi connectivity index (χ2n) is 5.80. The lowest BCUT2D eigenvalue weighted by atomic mass is 10.0. The fourth-order valence-electron chi connectivity index (χ4n) is 2.78. The fraction of sp³-hybridized carbons (Fsp3) is 0.200. The zero-order valence-corrected chi connectivity index (χ0v) is 13.8. The minimum Gasteiger partial charge on any atom is -0.352 e. The SMILES string of the molecule is CCCC(=O)c1cnc2c(C)cccc2c1Nc1ccccc1F. The molecule has 0 aliphatic carbocycles. The van der Waals surface area contributed by atoms with Crippen LogP contribution in [0.5, 0.6) is 0 Å². The molecule has 1 heterocycles. The van der Waals surface area contributed by atoms with Gasteiger partial charge in [0.1, 0.15) is 5.82 Å². The third-order valence-electron chi connectivity index (χ3n) is 4.01. The number of para-hydroxylation sites is 2. The molecule has 0 amide bonds. The Bertz CT molecular complexity index is 905. The minimum atomic E-state index is -0.357. The Morgan fingerprint density at radius 3 is 2.71 bits per heavy atom. The van der Waals surface area contributed by atoms with Crippen molar-refractivity contribution < 1.29 is 9.18 Å². The van der Waals surface area contributed by atoms with E-state index < -0.39 is 0 Å². The lowest BCUT2D eigenvalue weighted by Crippen LogP contribution is -2.06. The van der Waals surface area contributed by atoms with Crippen molar-refractivity contribution in [2.45, 2.75) is 26.7 Å². The average molecular weight is 322 g/mol. The monoisotopic (exact) mass is 322 g/mol. The third kappa shape index (κ3) is 3.00. The standard InChI is InChI=1S/C20H19FN2O/c1-3-7-18(24)15-12-22-19-13(2)8-6-9-14(19)20(15)23-17-11-5-4-10-16(17)21/h4-6,8-12H,3,7H2,1-2H3,(H,22,23). The Labute approximate surface area is 140 Å². The number of fused-ring (bicyclic) bond motifs is 1. The molecule has 0 aliphatic rings. The van der Waals surface area contributed by atoms with Crippen LogP contribution in [0.4, 0.5) is 15.8 Å². The van der Waals surface area contributed by atoms with Crippen LogP contribution in [0.2, 0.25) is 0 Å². The molecule has 122 valence electrons. The summed E-state index contributed by atoms with van der Waals surface area (Å²) in [5.41, 5.74) is 3.28. The molecule has 3 aromatic rings. The number of hydrogen-bond donors (Lipinski definition) is 1. The Kier molecular flexibility index (Phi) is 4.56. The van der Waals surface area contributed by atoms with E-state index in [0.29, 0.717) is 23.4 Å². The normalized spacial score (nSPS) is 10.8. The number of carbonyl (C=O) groups excluding carboxylic acids is 1. The van der Waals surface area contributed by atoms with Gasteiger partial charge in [-0.15, -0.1) is 0 Å². The molecule has 1 aromatic heterocycles. The first-order valence-electron chi connectivity index (χ1n) is 8.05. The molecule has 0 spiro atoms. The second kappa shape index (κ2) is 6.79. The van der Waals surface area contributed by atoms with Crippen molar-refractivity contribution in [2.75, 3.05) is 5.32 Å². The summed E-state index contributed by atoms with van der Waals surface area (Å²) in [6.45, 7) is 3.93. The van der Waals surface area contributed by atoms with E-state index in [9.17, 15) is 9.18 Å². The predicted octanol–water partition coefficient (Wildman–Crippen LogP) is 5.41. The first-order chi connectivity index (χ1) is 11.6. The van der Waals surface area contributed by atoms with Gasteiger partial charge in [-0.3, -0.25) is 9.78 Å². The van der Waals surface area contributed by atoms with Crippen molar-refractivity contribution in [1.29, 1.82) is 0 Å². The van der Waals surface area contributed by atoms with Gasteiger partial charge in [0.15, 0.2) is 5.78 Å². The summed E-state index contributed by atoms with van der Waals surface area (Å²) in [6, 6.07) is 12.2. The highest BCUT2D eigenvalue weighted by molar-refractivity contribution is 6.09. The average Bonchev–Trinajstić information content (AvgIpc) is 2.58. The maximum Gasteiger partial charge on any atom is 0.166 e. The molecule has 0 bridgehead atoms. The molecular weight excluding hydrogens is 303 g/mol. The number of aryl methyl sites for hydroxylation is 1. The first-order valence-corrected chi connectivity index (χ1v) is 8.05. The zero-order valence-electron chi connectivity index (χ0n) is 13.8. The van der Waals surface area contributed by atoms with E-state index in [-0.39, 0.29) is 11.6 Å². The molecular formula is C20H19FN2O. The van der Waals surface area contributed by atoms with Crippen molar-refractivity contribution in [1.82, 2.24) is 4.98 Å². The van der Waals surface area contributed by atoms with Gasteiger partial charge in [-0.05, 0) is 31.0 Å². The molecule has 0 aliphatic heterocycles. The summed E-state index contributed by atoms with van der Waals surface area (Å²) < 4.78 is 14.1. The van der Waals surface area contributed by atoms with Crippen LogP contribution in [0.25, 0.3) is 10.9 Å². The number of nitrogens with one attached hydrogen (secondary N) is 1. The summed E-state index contributed by atoms with van der Waals surface area (Å²) in [5.74, 6) is -0.351. The van der Waals surface area contributed by atoms with Gasteiger partial charge in [-0.1, -0.05) is 37.3 Å². The van der Waals surface area contributed by atoms with Gasteiger partial charge in [0.25, 0.3) is 0 Å². The summed E-state index contributed by atoms with van der Waals surface area (Å²) >= 11 is 0. The van der Waals surface area contributed by atoms with E-state index in [1.807, 2.05) is 32.0 Å². The van der Waals surface area contributed by atoms with E-state index in [4.69, 9.17) is 0 Å². The molecule has 1 N–H and O–H groups in total. The van der Waals surface area contributed by atoms with Crippen LogP contribution in [0.3, 0.4) is 0 Å². The quantitative estimate of drug-likeness (QED) is 0.639. The number of pyridine rings is 1. The summed E-state index contributed by atoms with van der Waals surface area (Å²) in [5, 5.41) is 3.93. The van der Waals surface area contributed by atoms with E-state index in [2.05, 4.69) is 10.3 Å². The number of anilines is 2. The van der Waals surface area contributed by atoms with Gasteiger partial charge in [-0.2, -0.15) is 0 Å². The number of hydrogen-bond acceptors (Lipinski definition) is 3. The Morgan fingerprint density at radius 2 is 1.96 bits per heavy atom. The Hall–Kier alpha value is -2.75. The van der Waals surface area contributed by atoms with Crippen LogP contribution in [0, 0.1) is 12.7 Å². The Balaban J connectivity index is 2.21. The molecule has 2 aromatic carbocycles. The maximum absolute atomic E-state index is 14.1. The number of rotatable bonds is 5. The molecule has 3 rings (SSSR count). The molecule has 0 radical (unpaired) electrons. The second-order valence-corrected chi connectivity index (χ2v) is 5.80. The van der Waals surface area contributed by atoms with Gasteiger partial charge in [-0.25, -0.2) is 4.39 Å². The largest absolute Gasteiger partial charge is 0.352 e. The van der Waals surface area contributed by atoms with Crippen molar-refractivity contribution in [2.24, 2.45) is 0 Å². The first kappa shape index (κ1) is 16.1. The van der Waals surface area contributed by atoms with Gasteiger partial charge in [0.2, 0.25) is 0 Å². The number of nitrogens with zero attached hydrogens (tertiary/aromatic N) is 1. The number of Topliss-reactive ketones (excluding diaryl/α,β-unsaturated/α-hetero) is 1. The highest BCUT2D eigenvalue weighted by atomic mass is 19.1. The van der Waals surface area contributed by atoms with E-state index in [1.54, 1.807) is 24.4 Å². The van der Waals surface area contributed by atoms with Crippen LogP contribution >= 0.6 is 0 Å². The minimum absolute atomic E-state index is 0.00671. The molecule has 0 unspecified atom stereocenters. The number of aromatic nitrogens is 1. The topological polar surface area (TPSA) is 42.0 Å². The van der Waals surface area contributed by atoms with Crippen molar-refractivity contribution >= 4 is 28.1 Å². The highest BCUT2D eigenvalue weighted by Crippen LogP contribution is 2.32. The van der Waals surface area contributed by atoms with E-state index >= 15 is 0 Å². The van der Waals surface area contributed by atoms with Gasteiger partial charge < -0.3 is 5.32 Å². The molecule has 24 heavy (non-hydrogen) atoms. The van der Waals surface area contributed by atoms with Gasteiger partial charge in [0, 0.05) is 18.0 Å². The van der Waals surface area contributed by atoms with E-state index in [0.717, 1.165) is 22.9 Å². The van der Waals surface area contributed by atoms with Gasteiger partial charge in [0.05, 0.1) is 22.5 Å². The van der Waals surface area contributed by atoms with Crippen LogP contribution < -0.4 is 5.32 Å². The number of halogens is 1. The molecule has 0 saturated heterocycles. The lowest BCUT2D eigenvalue weighted by Gasteiger charge is -2.15. The van der Waals surface area contributed by atoms with Crippen molar-refractivity contribution in [3.63, 3.8) is 0 Å². The maximum atomic E-state index is 14.1. The number of benzene rings is 2. The summed E-state index contributed by atoms with van der Waals surface area (Å²) in [7, 11) is 0. The Morgan fingerprint density at radius 1 is 1.17 bits per heavy atom. The molecule has 3 nitrogen and oxygen atoms in total. The van der Waals surface area contributed by atoms with Gasteiger partial charge >= 0.3 is 0 Å². The van der Waals surface area contributed by atoms with Crippen LogP contribution in [0.1, 0.15) is 35.7 Å². The molecule has 4 heteroatoms. The van der Waals surface area contributed by atoms with Crippen molar-refractivity contribution in [3.05, 3.63) is 65.6 Å². The third-order valence-corrected chi connectivity index (χ3v) is 4.01. The van der Waals surface area contributed by atoms with Crippen LogP contribution in [0.15, 0.2) is 48.7 Å². The summed E-state index contributed by atoms with van der Waals surface area (Å²) in [6.07, 6.45) is 2.78.